The van der Waals surface area contributed by atoms with Crippen molar-refractivity contribution < 1.29 is 0 Å². The van der Waals surface area contributed by atoms with Gasteiger partial charge in [0.05, 0.1) is 6.67 Å². The lowest BCUT2D eigenvalue weighted by Crippen LogP contribution is -2.24. The van der Waals surface area contributed by atoms with Gasteiger partial charge in [-0.1, -0.05) is 84.9 Å². The Morgan fingerprint density at radius 2 is 0.724 bits per heavy atom. The maximum absolute atomic E-state index is 2.26. The van der Waals surface area contributed by atoms with Crippen LogP contribution in [0, 0.1) is 0 Å². The SMILES string of the molecule is C1=CN(c2ccc(-c3ccccc3)cc2)CN1c1ccc(-c2ccccc2)cc1. The molecule has 4 aromatic rings. The van der Waals surface area contributed by atoms with Gasteiger partial charge in [-0.2, -0.15) is 0 Å². The van der Waals surface area contributed by atoms with E-state index in [0.29, 0.717) is 0 Å². The van der Waals surface area contributed by atoms with Crippen molar-refractivity contribution >= 4 is 11.4 Å². The Morgan fingerprint density at radius 3 is 1.10 bits per heavy atom. The summed E-state index contributed by atoms with van der Waals surface area (Å²) < 4.78 is 0. The fourth-order valence-corrected chi connectivity index (χ4v) is 3.71. The van der Waals surface area contributed by atoms with Crippen molar-refractivity contribution in [3.63, 3.8) is 0 Å². The summed E-state index contributed by atoms with van der Waals surface area (Å²) in [6.45, 7) is 0.815. The molecule has 1 aliphatic rings. The minimum Gasteiger partial charge on any atom is -0.328 e. The summed E-state index contributed by atoms with van der Waals surface area (Å²) in [4.78, 5) is 4.53. The third-order valence-electron chi connectivity index (χ3n) is 5.34. The molecule has 0 amide bonds. The molecule has 2 nitrogen and oxygen atoms in total. The minimum atomic E-state index is 0.815. The number of rotatable bonds is 4. The lowest BCUT2D eigenvalue weighted by molar-refractivity contribution is 0.976. The molecule has 0 radical (unpaired) electrons. The molecule has 1 heterocycles. The first-order chi connectivity index (χ1) is 14.4. The number of nitrogens with zero attached hydrogens (tertiary/aromatic N) is 2. The molecule has 0 aliphatic carbocycles. The van der Waals surface area contributed by atoms with Crippen LogP contribution in [0.1, 0.15) is 0 Å². The van der Waals surface area contributed by atoms with Gasteiger partial charge in [0.15, 0.2) is 0 Å². The zero-order chi connectivity index (χ0) is 19.5. The largest absolute Gasteiger partial charge is 0.328 e. The maximum atomic E-state index is 2.26. The van der Waals surface area contributed by atoms with Crippen LogP contribution in [0.5, 0.6) is 0 Å². The van der Waals surface area contributed by atoms with E-state index >= 15 is 0 Å². The molecule has 0 fully saturated rings. The predicted molar refractivity (Wildman–Crippen MR) is 123 cm³/mol. The third kappa shape index (κ3) is 3.65. The van der Waals surface area contributed by atoms with E-state index in [1.807, 2.05) is 12.1 Å². The molecule has 29 heavy (non-hydrogen) atoms. The first-order valence-corrected chi connectivity index (χ1v) is 9.89. The molecule has 0 atom stereocenters. The van der Waals surface area contributed by atoms with Gasteiger partial charge < -0.3 is 9.80 Å². The topological polar surface area (TPSA) is 6.48 Å². The quantitative estimate of drug-likeness (QED) is 0.389. The van der Waals surface area contributed by atoms with Crippen LogP contribution in [-0.4, -0.2) is 6.67 Å². The summed E-state index contributed by atoms with van der Waals surface area (Å²) in [5, 5.41) is 0. The molecule has 2 heteroatoms. The van der Waals surface area contributed by atoms with Crippen molar-refractivity contribution in [1.82, 2.24) is 0 Å². The Balaban J connectivity index is 1.29. The summed E-state index contributed by atoms with van der Waals surface area (Å²) in [7, 11) is 0. The number of hydrogen-bond acceptors (Lipinski definition) is 2. The van der Waals surface area contributed by atoms with Crippen molar-refractivity contribution in [2.75, 3.05) is 16.5 Å². The van der Waals surface area contributed by atoms with E-state index in [2.05, 4.69) is 119 Å². The lowest BCUT2D eigenvalue weighted by atomic mass is 10.1. The molecule has 0 saturated carbocycles. The number of anilines is 2. The van der Waals surface area contributed by atoms with E-state index in [1.54, 1.807) is 0 Å². The van der Waals surface area contributed by atoms with E-state index in [4.69, 9.17) is 0 Å². The van der Waals surface area contributed by atoms with Gasteiger partial charge in [0.1, 0.15) is 0 Å². The Kier molecular flexibility index (Phi) is 4.59. The molecule has 0 aromatic heterocycles. The van der Waals surface area contributed by atoms with Crippen LogP contribution in [0.3, 0.4) is 0 Å². The zero-order valence-electron chi connectivity index (χ0n) is 16.1. The van der Waals surface area contributed by atoms with Crippen LogP contribution in [0.15, 0.2) is 122 Å². The normalized spacial score (nSPS) is 13.1. The molecule has 5 rings (SSSR count). The molecule has 140 valence electrons. The average molecular weight is 374 g/mol. The smallest absolute Gasteiger partial charge is 0.0989 e. The highest BCUT2D eigenvalue weighted by atomic mass is 15.3. The zero-order valence-corrected chi connectivity index (χ0v) is 16.1. The summed E-state index contributed by atoms with van der Waals surface area (Å²) in [5.41, 5.74) is 7.37. The van der Waals surface area contributed by atoms with Gasteiger partial charge >= 0.3 is 0 Å². The molecular weight excluding hydrogens is 352 g/mol. The van der Waals surface area contributed by atoms with Crippen molar-refractivity contribution in [2.24, 2.45) is 0 Å². The van der Waals surface area contributed by atoms with Crippen molar-refractivity contribution in [3.8, 4) is 22.3 Å². The second kappa shape index (κ2) is 7.69. The fraction of sp³-hybridized carbons (Fsp3) is 0.0370. The Labute approximate surface area is 172 Å². The first kappa shape index (κ1) is 17.3. The van der Waals surface area contributed by atoms with Gasteiger partial charge in [-0.05, 0) is 46.5 Å². The second-order valence-electron chi connectivity index (χ2n) is 7.20. The maximum Gasteiger partial charge on any atom is 0.0989 e. The fourth-order valence-electron chi connectivity index (χ4n) is 3.71. The monoisotopic (exact) mass is 374 g/mol. The molecule has 0 unspecified atom stereocenters. The minimum absolute atomic E-state index is 0.815. The predicted octanol–water partition coefficient (Wildman–Crippen LogP) is 6.78. The molecular formula is C27H22N2. The average Bonchev–Trinajstić information content (AvgIpc) is 3.31. The third-order valence-corrected chi connectivity index (χ3v) is 5.34. The highest BCUT2D eigenvalue weighted by Crippen LogP contribution is 2.28. The van der Waals surface area contributed by atoms with Gasteiger partial charge in [-0.3, -0.25) is 0 Å². The number of hydrogen-bond donors (Lipinski definition) is 0. The van der Waals surface area contributed by atoms with Crippen molar-refractivity contribution in [1.29, 1.82) is 0 Å². The van der Waals surface area contributed by atoms with E-state index in [-0.39, 0.29) is 0 Å². The van der Waals surface area contributed by atoms with Crippen LogP contribution in [-0.2, 0) is 0 Å². The van der Waals surface area contributed by atoms with Gasteiger partial charge in [0.2, 0.25) is 0 Å². The first-order valence-electron chi connectivity index (χ1n) is 9.89. The summed E-state index contributed by atoms with van der Waals surface area (Å²) in [5.74, 6) is 0. The Bertz CT molecular complexity index is 1010. The summed E-state index contributed by atoms with van der Waals surface area (Å²) >= 11 is 0. The number of benzene rings is 4. The highest BCUT2D eigenvalue weighted by Gasteiger charge is 2.15. The van der Waals surface area contributed by atoms with Crippen LogP contribution < -0.4 is 9.80 Å². The highest BCUT2D eigenvalue weighted by molar-refractivity contribution is 5.69. The van der Waals surface area contributed by atoms with Crippen molar-refractivity contribution in [3.05, 3.63) is 122 Å². The second-order valence-corrected chi connectivity index (χ2v) is 7.20. The van der Waals surface area contributed by atoms with E-state index < -0.39 is 0 Å². The van der Waals surface area contributed by atoms with Crippen LogP contribution in [0.2, 0.25) is 0 Å². The summed E-state index contributed by atoms with van der Waals surface area (Å²) in [6, 6.07) is 38.5. The Hall–Kier alpha value is -3.78. The lowest BCUT2D eigenvalue weighted by Gasteiger charge is -2.22. The van der Waals surface area contributed by atoms with Crippen LogP contribution in [0.4, 0.5) is 11.4 Å². The molecule has 0 N–H and O–H groups in total. The van der Waals surface area contributed by atoms with Crippen molar-refractivity contribution in [2.45, 2.75) is 0 Å². The van der Waals surface area contributed by atoms with Gasteiger partial charge in [0, 0.05) is 23.8 Å². The molecule has 0 spiro atoms. The standard InChI is InChI=1S/C27H22N2/c1-3-7-22(8-4-1)24-11-15-26(16-12-24)28-19-20-29(21-28)27-17-13-25(14-18-27)23-9-5-2-6-10-23/h1-20H,21H2. The molecule has 0 bridgehead atoms. The Morgan fingerprint density at radius 1 is 0.379 bits per heavy atom. The summed E-state index contributed by atoms with van der Waals surface area (Å²) in [6.07, 6.45) is 4.28. The van der Waals surface area contributed by atoms with E-state index in [9.17, 15) is 0 Å². The van der Waals surface area contributed by atoms with Crippen LogP contribution >= 0.6 is 0 Å². The molecule has 4 aromatic carbocycles. The molecule has 1 aliphatic heterocycles. The van der Waals surface area contributed by atoms with E-state index in [0.717, 1.165) is 6.67 Å². The van der Waals surface area contributed by atoms with Gasteiger partial charge in [0.25, 0.3) is 0 Å². The van der Waals surface area contributed by atoms with E-state index in [1.165, 1.54) is 33.6 Å². The van der Waals surface area contributed by atoms with Gasteiger partial charge in [-0.15, -0.1) is 0 Å². The molecule has 0 saturated heterocycles. The van der Waals surface area contributed by atoms with Gasteiger partial charge in [-0.25, -0.2) is 0 Å². The van der Waals surface area contributed by atoms with Crippen LogP contribution in [0.25, 0.3) is 22.3 Å².